The molecule has 1 fully saturated rings. The maximum Gasteiger partial charge on any atom is 0.244 e. The van der Waals surface area contributed by atoms with Crippen LogP contribution in [0.2, 0.25) is 0 Å². The molecule has 1 aliphatic heterocycles. The van der Waals surface area contributed by atoms with E-state index in [1.54, 1.807) is 0 Å². The van der Waals surface area contributed by atoms with Crippen LogP contribution in [0.1, 0.15) is 61.3 Å². The number of hydrogen-bond acceptors (Lipinski definition) is 2. The molecule has 0 radical (unpaired) electrons. The number of nitrogens with one attached hydrogen (secondary N) is 1. The first-order valence-corrected chi connectivity index (χ1v) is 6.77. The van der Waals surface area contributed by atoms with E-state index in [1.807, 2.05) is 6.92 Å². The van der Waals surface area contributed by atoms with Gasteiger partial charge in [0.15, 0.2) is 0 Å². The molecule has 0 saturated carbocycles. The Balaban J connectivity index is 3.02. The summed E-state index contributed by atoms with van der Waals surface area (Å²) in [6.07, 6.45) is 1.99. The standard InChI is InChI=1S/C14H28N2O/c1-8-11-15-14(7,9-2)12(17)16(11)10(3)13(4,5)6/h10-11,15H,8-9H2,1-7H3. The Kier molecular flexibility index (Phi) is 3.92. The number of rotatable bonds is 3. The summed E-state index contributed by atoms with van der Waals surface area (Å²) in [6.45, 7) is 15.0. The van der Waals surface area contributed by atoms with Gasteiger partial charge in [-0.05, 0) is 32.1 Å². The van der Waals surface area contributed by atoms with E-state index < -0.39 is 0 Å². The van der Waals surface area contributed by atoms with Crippen molar-refractivity contribution in [2.75, 3.05) is 0 Å². The predicted molar refractivity (Wildman–Crippen MR) is 71.7 cm³/mol. The molecule has 1 rings (SSSR count). The van der Waals surface area contributed by atoms with Gasteiger partial charge in [0.1, 0.15) is 0 Å². The molecule has 1 aliphatic rings. The Bertz CT molecular complexity index is 295. The molecule has 3 atom stereocenters. The molecule has 0 aromatic rings. The lowest BCUT2D eigenvalue weighted by Gasteiger charge is -2.38. The van der Waals surface area contributed by atoms with Crippen LogP contribution in [0.5, 0.6) is 0 Å². The Morgan fingerprint density at radius 2 is 1.94 bits per heavy atom. The number of nitrogens with zero attached hydrogens (tertiary/aromatic N) is 1. The van der Waals surface area contributed by atoms with Gasteiger partial charge in [0, 0.05) is 6.04 Å². The fourth-order valence-electron chi connectivity index (χ4n) is 2.34. The lowest BCUT2D eigenvalue weighted by molar-refractivity contribution is -0.137. The highest BCUT2D eigenvalue weighted by Crippen LogP contribution is 2.33. The highest BCUT2D eigenvalue weighted by molar-refractivity contribution is 5.88. The summed E-state index contributed by atoms with van der Waals surface area (Å²) in [7, 11) is 0. The summed E-state index contributed by atoms with van der Waals surface area (Å²) in [5.74, 6) is 0.259. The van der Waals surface area contributed by atoms with Gasteiger partial charge in [0.05, 0.1) is 11.7 Å². The van der Waals surface area contributed by atoms with E-state index in [4.69, 9.17) is 0 Å². The molecule has 3 nitrogen and oxygen atoms in total. The summed E-state index contributed by atoms with van der Waals surface area (Å²) in [5, 5.41) is 3.50. The van der Waals surface area contributed by atoms with Crippen LogP contribution >= 0.6 is 0 Å². The normalized spacial score (nSPS) is 32.1. The van der Waals surface area contributed by atoms with Gasteiger partial charge in [-0.1, -0.05) is 34.6 Å². The molecule has 1 heterocycles. The topological polar surface area (TPSA) is 32.3 Å². The summed E-state index contributed by atoms with van der Waals surface area (Å²) in [6, 6.07) is 0.251. The van der Waals surface area contributed by atoms with Crippen molar-refractivity contribution in [3.63, 3.8) is 0 Å². The van der Waals surface area contributed by atoms with Crippen LogP contribution in [0.4, 0.5) is 0 Å². The molecule has 100 valence electrons. The molecule has 0 bridgehead atoms. The fourth-order valence-corrected chi connectivity index (χ4v) is 2.34. The molecule has 1 amide bonds. The van der Waals surface area contributed by atoms with Gasteiger partial charge in [-0.3, -0.25) is 10.1 Å². The summed E-state index contributed by atoms with van der Waals surface area (Å²) in [5.41, 5.74) is -0.260. The van der Waals surface area contributed by atoms with Crippen molar-refractivity contribution < 1.29 is 4.79 Å². The summed E-state index contributed by atoms with van der Waals surface area (Å²) in [4.78, 5) is 14.6. The van der Waals surface area contributed by atoms with Gasteiger partial charge < -0.3 is 4.90 Å². The second-order valence-corrected chi connectivity index (χ2v) is 6.51. The van der Waals surface area contributed by atoms with E-state index >= 15 is 0 Å². The minimum absolute atomic E-state index is 0.115. The average molecular weight is 240 g/mol. The third-order valence-electron chi connectivity index (χ3n) is 4.29. The van der Waals surface area contributed by atoms with Crippen LogP contribution in [0.3, 0.4) is 0 Å². The molecule has 0 aliphatic carbocycles. The minimum Gasteiger partial charge on any atom is -0.322 e. The smallest absolute Gasteiger partial charge is 0.244 e. The summed E-state index contributed by atoms with van der Waals surface area (Å²) >= 11 is 0. The van der Waals surface area contributed by atoms with Crippen LogP contribution in [0.25, 0.3) is 0 Å². The molecule has 1 saturated heterocycles. The monoisotopic (exact) mass is 240 g/mol. The van der Waals surface area contributed by atoms with Crippen LogP contribution < -0.4 is 5.32 Å². The van der Waals surface area contributed by atoms with Gasteiger partial charge in [-0.2, -0.15) is 0 Å². The number of carbonyl (C=O) groups is 1. The van der Waals surface area contributed by atoms with Crippen molar-refractivity contribution in [1.82, 2.24) is 10.2 Å². The van der Waals surface area contributed by atoms with Crippen molar-refractivity contribution in [3.8, 4) is 0 Å². The van der Waals surface area contributed by atoms with E-state index in [0.29, 0.717) is 0 Å². The van der Waals surface area contributed by atoms with Crippen LogP contribution in [0, 0.1) is 5.41 Å². The molecule has 0 aromatic carbocycles. The molecular formula is C14H28N2O. The fraction of sp³-hybridized carbons (Fsp3) is 0.929. The number of carbonyl (C=O) groups excluding carboxylic acids is 1. The van der Waals surface area contributed by atoms with E-state index in [1.165, 1.54) is 0 Å². The molecular weight excluding hydrogens is 212 g/mol. The first kappa shape index (κ1) is 14.5. The van der Waals surface area contributed by atoms with E-state index in [-0.39, 0.29) is 29.1 Å². The third kappa shape index (κ3) is 2.49. The van der Waals surface area contributed by atoms with Crippen LogP contribution in [-0.4, -0.2) is 28.6 Å². The molecule has 17 heavy (non-hydrogen) atoms. The SMILES string of the molecule is CCC1NC(C)(CC)C(=O)N1C(C)C(C)(C)C. The van der Waals surface area contributed by atoms with Crippen molar-refractivity contribution in [3.05, 3.63) is 0 Å². The van der Waals surface area contributed by atoms with Gasteiger partial charge in [0.2, 0.25) is 5.91 Å². The average Bonchev–Trinajstić information content (AvgIpc) is 2.50. The van der Waals surface area contributed by atoms with Crippen LogP contribution in [-0.2, 0) is 4.79 Å². The van der Waals surface area contributed by atoms with Crippen molar-refractivity contribution in [1.29, 1.82) is 0 Å². The van der Waals surface area contributed by atoms with Crippen molar-refractivity contribution in [2.45, 2.75) is 79.1 Å². The quantitative estimate of drug-likeness (QED) is 0.822. The molecule has 0 spiro atoms. The van der Waals surface area contributed by atoms with Crippen molar-refractivity contribution in [2.24, 2.45) is 5.41 Å². The minimum atomic E-state index is -0.375. The third-order valence-corrected chi connectivity index (χ3v) is 4.29. The Hall–Kier alpha value is -0.570. The van der Waals surface area contributed by atoms with Crippen LogP contribution in [0.15, 0.2) is 0 Å². The Labute approximate surface area is 106 Å². The van der Waals surface area contributed by atoms with Crippen molar-refractivity contribution >= 4 is 5.91 Å². The van der Waals surface area contributed by atoms with E-state index in [9.17, 15) is 4.79 Å². The molecule has 0 aromatic heterocycles. The lowest BCUT2D eigenvalue weighted by Crippen LogP contribution is -2.49. The second kappa shape index (κ2) is 4.60. The van der Waals surface area contributed by atoms with Gasteiger partial charge >= 0.3 is 0 Å². The largest absolute Gasteiger partial charge is 0.322 e. The Morgan fingerprint density at radius 1 is 1.41 bits per heavy atom. The summed E-state index contributed by atoms with van der Waals surface area (Å²) < 4.78 is 0. The van der Waals surface area contributed by atoms with Gasteiger partial charge in [0.25, 0.3) is 0 Å². The molecule has 3 unspecified atom stereocenters. The number of amides is 1. The molecule has 1 N–H and O–H groups in total. The van der Waals surface area contributed by atoms with E-state index in [0.717, 1.165) is 12.8 Å². The van der Waals surface area contributed by atoms with Gasteiger partial charge in [-0.15, -0.1) is 0 Å². The zero-order valence-corrected chi connectivity index (χ0v) is 12.4. The Morgan fingerprint density at radius 3 is 2.29 bits per heavy atom. The first-order valence-electron chi connectivity index (χ1n) is 6.77. The number of hydrogen-bond donors (Lipinski definition) is 1. The van der Waals surface area contributed by atoms with Gasteiger partial charge in [-0.25, -0.2) is 0 Å². The maximum absolute atomic E-state index is 12.6. The highest BCUT2D eigenvalue weighted by Gasteiger charge is 2.49. The highest BCUT2D eigenvalue weighted by atomic mass is 16.2. The first-order chi connectivity index (χ1) is 7.67. The zero-order chi connectivity index (χ0) is 13.4. The molecule has 3 heteroatoms. The van der Waals surface area contributed by atoms with E-state index in [2.05, 4.69) is 51.8 Å². The second-order valence-electron chi connectivity index (χ2n) is 6.51. The maximum atomic E-state index is 12.6. The predicted octanol–water partition coefficient (Wildman–Crippen LogP) is 2.76. The lowest BCUT2D eigenvalue weighted by atomic mass is 9.86. The zero-order valence-electron chi connectivity index (χ0n) is 12.4.